The number of hydrogen-bond acceptors (Lipinski definition) is 3. The first-order valence-electron chi connectivity index (χ1n) is 8.39. The Kier molecular flexibility index (Phi) is 6.00. The zero-order chi connectivity index (χ0) is 18.5. The second-order valence-corrected chi connectivity index (χ2v) is 6.56. The van der Waals surface area contributed by atoms with Crippen molar-refractivity contribution in [3.05, 3.63) is 58.3 Å². The Hall–Kier alpha value is -2.25. The standard InChI is InChI=1S/C19H19BrFN3O2/c1-2-26-11-5-10-24-17-7-4-3-6-16(17)22-19(24)23-18(25)14-9-8-13(21)12-15(14)20/h3-4,6-9,12H,2,5,10-11H2,1H3,(H,22,23,25). The molecule has 0 aliphatic carbocycles. The van der Waals surface area contributed by atoms with E-state index < -0.39 is 5.82 Å². The molecule has 0 bridgehead atoms. The number of nitrogens with one attached hydrogen (secondary N) is 1. The summed E-state index contributed by atoms with van der Waals surface area (Å²) < 4.78 is 21.0. The fourth-order valence-corrected chi connectivity index (χ4v) is 3.24. The van der Waals surface area contributed by atoms with Gasteiger partial charge in [0.15, 0.2) is 0 Å². The molecule has 26 heavy (non-hydrogen) atoms. The number of nitrogens with zero attached hydrogens (tertiary/aromatic N) is 2. The van der Waals surface area contributed by atoms with Crippen LogP contribution >= 0.6 is 15.9 Å². The molecule has 136 valence electrons. The zero-order valence-electron chi connectivity index (χ0n) is 14.3. The first-order chi connectivity index (χ1) is 12.6. The van der Waals surface area contributed by atoms with Crippen LogP contribution in [0.4, 0.5) is 10.3 Å². The van der Waals surface area contributed by atoms with Gasteiger partial charge in [-0.05, 0) is 59.6 Å². The Balaban J connectivity index is 1.87. The molecule has 0 unspecified atom stereocenters. The molecule has 0 saturated carbocycles. The summed E-state index contributed by atoms with van der Waals surface area (Å²) in [4.78, 5) is 17.1. The number of rotatable bonds is 7. The minimum absolute atomic E-state index is 0.347. The molecule has 5 nitrogen and oxygen atoms in total. The Morgan fingerprint density at radius 2 is 2.12 bits per heavy atom. The summed E-state index contributed by atoms with van der Waals surface area (Å²) in [7, 11) is 0. The van der Waals surface area contributed by atoms with Crippen LogP contribution in [0, 0.1) is 5.82 Å². The first-order valence-corrected chi connectivity index (χ1v) is 9.19. The van der Waals surface area contributed by atoms with Gasteiger partial charge in [0.2, 0.25) is 5.95 Å². The van der Waals surface area contributed by atoms with Crippen LogP contribution in [0.25, 0.3) is 11.0 Å². The molecule has 0 radical (unpaired) electrons. The van der Waals surface area contributed by atoms with Crippen LogP contribution in [0.5, 0.6) is 0 Å². The maximum atomic E-state index is 13.3. The Labute approximate surface area is 159 Å². The predicted molar refractivity (Wildman–Crippen MR) is 103 cm³/mol. The van der Waals surface area contributed by atoms with Crippen LogP contribution in [0.15, 0.2) is 46.9 Å². The molecule has 1 heterocycles. The largest absolute Gasteiger partial charge is 0.382 e. The smallest absolute Gasteiger partial charge is 0.259 e. The lowest BCUT2D eigenvalue weighted by molar-refractivity contribution is 0.102. The predicted octanol–water partition coefficient (Wildman–Crippen LogP) is 4.62. The molecule has 0 spiro atoms. The van der Waals surface area contributed by atoms with E-state index in [1.54, 1.807) is 0 Å². The Bertz CT molecular complexity index is 926. The highest BCUT2D eigenvalue weighted by atomic mass is 79.9. The highest BCUT2D eigenvalue weighted by molar-refractivity contribution is 9.10. The van der Waals surface area contributed by atoms with Crippen molar-refractivity contribution in [2.75, 3.05) is 18.5 Å². The van der Waals surface area contributed by atoms with Gasteiger partial charge >= 0.3 is 0 Å². The van der Waals surface area contributed by atoms with Crippen molar-refractivity contribution in [2.24, 2.45) is 0 Å². The van der Waals surface area contributed by atoms with Crippen LogP contribution < -0.4 is 5.32 Å². The molecule has 1 aromatic heterocycles. The highest BCUT2D eigenvalue weighted by Gasteiger charge is 2.16. The summed E-state index contributed by atoms with van der Waals surface area (Å²) in [6, 6.07) is 11.7. The van der Waals surface area contributed by atoms with E-state index in [1.807, 2.05) is 35.8 Å². The van der Waals surface area contributed by atoms with E-state index in [2.05, 4.69) is 26.2 Å². The van der Waals surface area contributed by atoms with Gasteiger partial charge in [0.1, 0.15) is 5.82 Å². The molecule has 0 atom stereocenters. The number of para-hydroxylation sites is 2. The van der Waals surface area contributed by atoms with Gasteiger partial charge in [-0.15, -0.1) is 0 Å². The maximum absolute atomic E-state index is 13.3. The SMILES string of the molecule is CCOCCCn1c(NC(=O)c2ccc(F)cc2Br)nc2ccccc21. The third kappa shape index (κ3) is 4.11. The summed E-state index contributed by atoms with van der Waals surface area (Å²) >= 11 is 3.23. The van der Waals surface area contributed by atoms with E-state index in [0.29, 0.717) is 35.7 Å². The lowest BCUT2D eigenvalue weighted by Crippen LogP contribution is -2.17. The molecule has 7 heteroatoms. The van der Waals surface area contributed by atoms with Gasteiger partial charge in [-0.25, -0.2) is 9.37 Å². The molecule has 2 aromatic carbocycles. The number of halogens is 2. The van der Waals surface area contributed by atoms with Crippen molar-refractivity contribution in [2.45, 2.75) is 19.9 Å². The van der Waals surface area contributed by atoms with Crippen molar-refractivity contribution in [1.29, 1.82) is 0 Å². The quantitative estimate of drug-likeness (QED) is 0.568. The summed E-state index contributed by atoms with van der Waals surface area (Å²) in [5, 5.41) is 2.84. The van der Waals surface area contributed by atoms with E-state index >= 15 is 0 Å². The van der Waals surface area contributed by atoms with Crippen molar-refractivity contribution >= 4 is 38.8 Å². The van der Waals surface area contributed by atoms with Crippen LogP contribution in [0.1, 0.15) is 23.7 Å². The number of imidazole rings is 1. The fraction of sp³-hybridized carbons (Fsp3) is 0.263. The minimum Gasteiger partial charge on any atom is -0.382 e. The van der Waals surface area contributed by atoms with Crippen molar-refractivity contribution < 1.29 is 13.9 Å². The average Bonchev–Trinajstić information content (AvgIpc) is 2.96. The summed E-state index contributed by atoms with van der Waals surface area (Å²) in [6.07, 6.45) is 0.803. The van der Waals surface area contributed by atoms with E-state index in [1.165, 1.54) is 18.2 Å². The van der Waals surface area contributed by atoms with E-state index in [-0.39, 0.29) is 5.91 Å². The number of hydrogen-bond donors (Lipinski definition) is 1. The van der Waals surface area contributed by atoms with Gasteiger partial charge < -0.3 is 9.30 Å². The number of benzene rings is 2. The fourth-order valence-electron chi connectivity index (χ4n) is 2.71. The van der Waals surface area contributed by atoms with Crippen LogP contribution in [0.2, 0.25) is 0 Å². The molecule has 0 saturated heterocycles. The molecule has 1 N–H and O–H groups in total. The number of aryl methyl sites for hydroxylation is 1. The monoisotopic (exact) mass is 419 g/mol. The second kappa shape index (κ2) is 8.42. The molecular weight excluding hydrogens is 401 g/mol. The molecule has 1 amide bonds. The average molecular weight is 420 g/mol. The van der Waals surface area contributed by atoms with Crippen molar-refractivity contribution in [3.63, 3.8) is 0 Å². The number of fused-ring (bicyclic) bond motifs is 1. The number of carbonyl (C=O) groups is 1. The van der Waals surface area contributed by atoms with Crippen molar-refractivity contribution in [3.8, 4) is 0 Å². The lowest BCUT2D eigenvalue weighted by Gasteiger charge is -2.11. The van der Waals surface area contributed by atoms with Crippen LogP contribution in [0.3, 0.4) is 0 Å². The normalized spacial score (nSPS) is 11.0. The molecular formula is C19H19BrFN3O2. The highest BCUT2D eigenvalue weighted by Crippen LogP contribution is 2.23. The maximum Gasteiger partial charge on any atom is 0.259 e. The molecule has 0 aliphatic rings. The number of carbonyl (C=O) groups excluding carboxylic acids is 1. The van der Waals surface area contributed by atoms with Gasteiger partial charge in [-0.2, -0.15) is 0 Å². The molecule has 0 fully saturated rings. The summed E-state index contributed by atoms with van der Waals surface area (Å²) in [6.45, 7) is 3.94. The van der Waals surface area contributed by atoms with Gasteiger partial charge in [-0.3, -0.25) is 10.1 Å². The van der Waals surface area contributed by atoms with Crippen LogP contribution in [-0.2, 0) is 11.3 Å². The van der Waals surface area contributed by atoms with Gasteiger partial charge in [0.25, 0.3) is 5.91 Å². The third-order valence-corrected chi connectivity index (χ3v) is 4.59. The first kappa shape index (κ1) is 18.5. The number of aromatic nitrogens is 2. The van der Waals surface area contributed by atoms with E-state index in [9.17, 15) is 9.18 Å². The topological polar surface area (TPSA) is 56.1 Å². The summed E-state index contributed by atoms with van der Waals surface area (Å²) in [5.41, 5.74) is 2.09. The molecule has 3 rings (SSSR count). The van der Waals surface area contributed by atoms with Crippen LogP contribution in [-0.4, -0.2) is 28.7 Å². The third-order valence-electron chi connectivity index (χ3n) is 3.93. The number of ether oxygens (including phenoxy) is 1. The van der Waals surface area contributed by atoms with Gasteiger partial charge in [-0.1, -0.05) is 12.1 Å². The van der Waals surface area contributed by atoms with Gasteiger partial charge in [0.05, 0.1) is 16.6 Å². The zero-order valence-corrected chi connectivity index (χ0v) is 15.9. The Morgan fingerprint density at radius 3 is 2.88 bits per heavy atom. The number of amides is 1. The molecule has 3 aromatic rings. The minimum atomic E-state index is -0.406. The van der Waals surface area contributed by atoms with Crippen molar-refractivity contribution in [1.82, 2.24) is 9.55 Å². The van der Waals surface area contributed by atoms with E-state index in [0.717, 1.165) is 17.5 Å². The molecule has 0 aliphatic heterocycles. The lowest BCUT2D eigenvalue weighted by atomic mass is 10.2. The van der Waals surface area contributed by atoms with Gasteiger partial charge in [0, 0.05) is 24.2 Å². The second-order valence-electron chi connectivity index (χ2n) is 5.70. The Morgan fingerprint density at radius 1 is 1.31 bits per heavy atom. The van der Waals surface area contributed by atoms with E-state index in [4.69, 9.17) is 4.74 Å². The number of anilines is 1. The summed E-state index contributed by atoms with van der Waals surface area (Å²) in [5.74, 6) is -0.293.